The zero-order valence-corrected chi connectivity index (χ0v) is 8.76. The number of aliphatic hydroxyl groups is 1. The van der Waals surface area contributed by atoms with Gasteiger partial charge in [0.2, 0.25) is 10.0 Å². The minimum Gasteiger partial charge on any atom is -0.395 e. The van der Waals surface area contributed by atoms with Crippen molar-refractivity contribution in [1.29, 1.82) is 0 Å². The highest BCUT2D eigenvalue weighted by Crippen LogP contribution is 2.01. The Labute approximate surface area is 79.6 Å². The normalized spacial score (nSPS) is 12.3. The first-order chi connectivity index (χ1) is 6.04. The molecule has 3 N–H and O–H groups in total. The van der Waals surface area contributed by atoms with E-state index >= 15 is 0 Å². The number of sulfonamides is 1. The minimum absolute atomic E-state index is 0.0333. The van der Waals surface area contributed by atoms with Gasteiger partial charge >= 0.3 is 0 Å². The number of unbranched alkanes of at least 4 members (excludes halogenated alkanes) is 2. The van der Waals surface area contributed by atoms with E-state index in [9.17, 15) is 8.42 Å². The molecular weight excluding hydrogens is 192 g/mol. The standard InChI is InChI=1S/C7H18N2O3S/c1-2-3-4-7-13(11,12)9(8)5-6-10/h10H,2-8H2,1H3. The van der Waals surface area contributed by atoms with Crippen molar-refractivity contribution in [2.45, 2.75) is 26.2 Å². The third kappa shape index (κ3) is 5.20. The number of hydrazine groups is 1. The van der Waals surface area contributed by atoms with Gasteiger partial charge in [0.15, 0.2) is 0 Å². The van der Waals surface area contributed by atoms with Crippen LogP contribution in [-0.2, 0) is 10.0 Å². The summed E-state index contributed by atoms with van der Waals surface area (Å²) >= 11 is 0. The maximum absolute atomic E-state index is 11.3. The van der Waals surface area contributed by atoms with Crippen molar-refractivity contribution in [3.05, 3.63) is 0 Å². The van der Waals surface area contributed by atoms with Crippen LogP contribution in [0.25, 0.3) is 0 Å². The second-order valence-corrected chi connectivity index (χ2v) is 4.90. The molecule has 0 aliphatic carbocycles. The van der Waals surface area contributed by atoms with Gasteiger partial charge in [-0.1, -0.05) is 19.8 Å². The lowest BCUT2D eigenvalue weighted by Gasteiger charge is -2.14. The van der Waals surface area contributed by atoms with Gasteiger partial charge in [0.1, 0.15) is 0 Å². The van der Waals surface area contributed by atoms with Gasteiger partial charge in [-0.3, -0.25) is 5.84 Å². The van der Waals surface area contributed by atoms with Crippen LogP contribution < -0.4 is 5.84 Å². The van der Waals surface area contributed by atoms with E-state index in [0.717, 1.165) is 12.8 Å². The summed E-state index contributed by atoms with van der Waals surface area (Å²) in [4.78, 5) is 0. The van der Waals surface area contributed by atoms with E-state index in [1.165, 1.54) is 0 Å². The third-order valence-electron chi connectivity index (χ3n) is 1.68. The van der Waals surface area contributed by atoms with E-state index in [-0.39, 0.29) is 18.9 Å². The van der Waals surface area contributed by atoms with Gasteiger partial charge in [0, 0.05) is 0 Å². The van der Waals surface area contributed by atoms with Crippen LogP contribution in [0.4, 0.5) is 0 Å². The third-order valence-corrected chi connectivity index (χ3v) is 3.39. The van der Waals surface area contributed by atoms with Crippen LogP contribution in [0.5, 0.6) is 0 Å². The Bertz CT molecular complexity index is 216. The van der Waals surface area contributed by atoms with Gasteiger partial charge in [-0.05, 0) is 6.42 Å². The fraction of sp³-hybridized carbons (Fsp3) is 1.00. The molecule has 0 spiro atoms. The first-order valence-electron chi connectivity index (χ1n) is 4.40. The molecule has 0 aromatic heterocycles. The second kappa shape index (κ2) is 6.31. The van der Waals surface area contributed by atoms with Crippen LogP contribution in [0.15, 0.2) is 0 Å². The van der Waals surface area contributed by atoms with Crippen LogP contribution in [0.1, 0.15) is 26.2 Å². The minimum atomic E-state index is -3.34. The SMILES string of the molecule is CCCCCS(=O)(=O)N(N)CCO. The molecule has 0 heterocycles. The molecule has 6 heteroatoms. The molecule has 0 saturated heterocycles. The van der Waals surface area contributed by atoms with Crippen molar-refractivity contribution in [2.24, 2.45) is 5.84 Å². The predicted octanol–water partition coefficient (Wildman–Crippen LogP) is -0.326. The number of rotatable bonds is 7. The van der Waals surface area contributed by atoms with E-state index in [1.54, 1.807) is 0 Å². The fourth-order valence-electron chi connectivity index (χ4n) is 0.889. The van der Waals surface area contributed by atoms with Crippen LogP contribution in [-0.4, -0.2) is 36.8 Å². The smallest absolute Gasteiger partial charge is 0.226 e. The van der Waals surface area contributed by atoms with E-state index in [2.05, 4.69) is 0 Å². The lowest BCUT2D eigenvalue weighted by molar-refractivity contribution is 0.255. The molecule has 0 aromatic carbocycles. The maximum atomic E-state index is 11.3. The Morgan fingerprint density at radius 1 is 1.38 bits per heavy atom. The summed E-state index contributed by atoms with van der Waals surface area (Å²) in [7, 11) is -3.34. The molecule has 0 rings (SSSR count). The molecule has 13 heavy (non-hydrogen) atoms. The molecule has 0 saturated carbocycles. The van der Waals surface area contributed by atoms with Gasteiger partial charge < -0.3 is 5.11 Å². The quantitative estimate of drug-likeness (QED) is 0.342. The molecule has 0 amide bonds. The van der Waals surface area contributed by atoms with E-state index in [0.29, 0.717) is 10.8 Å². The first-order valence-corrected chi connectivity index (χ1v) is 6.01. The second-order valence-electron chi connectivity index (χ2n) is 2.86. The maximum Gasteiger partial charge on any atom is 0.226 e. The Morgan fingerprint density at radius 3 is 2.46 bits per heavy atom. The average Bonchev–Trinajstić information content (AvgIpc) is 2.05. The van der Waals surface area contributed by atoms with Gasteiger partial charge in [0.25, 0.3) is 0 Å². The summed E-state index contributed by atoms with van der Waals surface area (Å²) in [5.74, 6) is 5.30. The molecule has 0 radical (unpaired) electrons. The van der Waals surface area contributed by atoms with Gasteiger partial charge in [-0.15, -0.1) is 4.41 Å². The Morgan fingerprint density at radius 2 is 2.00 bits per heavy atom. The van der Waals surface area contributed by atoms with E-state index in [1.807, 2.05) is 6.92 Å². The summed E-state index contributed by atoms with van der Waals surface area (Å²) in [5.41, 5.74) is 0. The number of nitrogens with zero attached hydrogens (tertiary/aromatic N) is 1. The molecule has 0 bridgehead atoms. The predicted molar refractivity (Wildman–Crippen MR) is 51.3 cm³/mol. The van der Waals surface area contributed by atoms with Crippen LogP contribution in [0, 0.1) is 0 Å². The molecule has 80 valence electrons. The zero-order valence-electron chi connectivity index (χ0n) is 7.94. The summed E-state index contributed by atoms with van der Waals surface area (Å²) in [5, 5.41) is 8.49. The summed E-state index contributed by atoms with van der Waals surface area (Å²) < 4.78 is 23.3. The molecule has 0 aromatic rings. The fourth-order valence-corrected chi connectivity index (χ4v) is 2.05. The lowest BCUT2D eigenvalue weighted by atomic mass is 10.3. The molecular formula is C7H18N2O3S. The molecule has 0 fully saturated rings. The van der Waals surface area contributed by atoms with E-state index in [4.69, 9.17) is 10.9 Å². The topological polar surface area (TPSA) is 83.6 Å². The van der Waals surface area contributed by atoms with Gasteiger partial charge in [0.05, 0.1) is 18.9 Å². The van der Waals surface area contributed by atoms with Crippen molar-refractivity contribution in [2.75, 3.05) is 18.9 Å². The lowest BCUT2D eigenvalue weighted by Crippen LogP contribution is -2.40. The van der Waals surface area contributed by atoms with Gasteiger partial charge in [-0.25, -0.2) is 8.42 Å². The summed E-state index contributed by atoms with van der Waals surface area (Å²) in [6, 6.07) is 0. The number of nitrogens with two attached hydrogens (primary N) is 1. The summed E-state index contributed by atoms with van der Waals surface area (Å²) in [6.07, 6.45) is 2.48. The van der Waals surface area contributed by atoms with Crippen molar-refractivity contribution < 1.29 is 13.5 Å². The number of hydrogen-bond donors (Lipinski definition) is 2. The molecule has 5 nitrogen and oxygen atoms in total. The largest absolute Gasteiger partial charge is 0.395 e. The molecule has 0 aliphatic rings. The van der Waals surface area contributed by atoms with Crippen LogP contribution in [0.3, 0.4) is 0 Å². The Hall–Kier alpha value is -0.170. The monoisotopic (exact) mass is 210 g/mol. The average molecular weight is 210 g/mol. The van der Waals surface area contributed by atoms with Crippen molar-refractivity contribution in [1.82, 2.24) is 4.41 Å². The summed E-state index contributed by atoms with van der Waals surface area (Å²) in [6.45, 7) is 1.72. The van der Waals surface area contributed by atoms with E-state index < -0.39 is 10.0 Å². The highest BCUT2D eigenvalue weighted by molar-refractivity contribution is 7.89. The highest BCUT2D eigenvalue weighted by atomic mass is 32.2. The number of hydrogen-bond acceptors (Lipinski definition) is 4. The first kappa shape index (κ1) is 12.8. The Kier molecular flexibility index (Phi) is 6.23. The van der Waals surface area contributed by atoms with Crippen LogP contribution in [0.2, 0.25) is 0 Å². The van der Waals surface area contributed by atoms with Crippen molar-refractivity contribution in [3.63, 3.8) is 0 Å². The molecule has 0 unspecified atom stereocenters. The highest BCUT2D eigenvalue weighted by Gasteiger charge is 2.16. The van der Waals surface area contributed by atoms with Crippen LogP contribution >= 0.6 is 0 Å². The molecule has 0 aliphatic heterocycles. The van der Waals surface area contributed by atoms with Crippen molar-refractivity contribution >= 4 is 10.0 Å². The van der Waals surface area contributed by atoms with Gasteiger partial charge in [-0.2, -0.15) is 0 Å². The Balaban J connectivity index is 3.92. The molecule has 0 atom stereocenters. The zero-order chi connectivity index (χ0) is 10.3. The van der Waals surface area contributed by atoms with Crippen molar-refractivity contribution in [3.8, 4) is 0 Å². The number of aliphatic hydroxyl groups excluding tert-OH is 1.